The van der Waals surface area contributed by atoms with E-state index in [1.807, 2.05) is 7.05 Å². The van der Waals surface area contributed by atoms with Crippen molar-refractivity contribution in [2.75, 3.05) is 33.0 Å². The summed E-state index contributed by atoms with van der Waals surface area (Å²) >= 11 is 7.07. The molecule has 2 aliphatic rings. The Kier molecular flexibility index (Phi) is 10.3. The quantitative estimate of drug-likeness (QED) is 0.453. The van der Waals surface area contributed by atoms with Crippen molar-refractivity contribution in [1.29, 1.82) is 0 Å². The van der Waals surface area contributed by atoms with E-state index in [1.165, 1.54) is 28.4 Å². The Hall–Kier alpha value is -2.80. The van der Waals surface area contributed by atoms with Gasteiger partial charge in [-0.25, -0.2) is 9.37 Å². The Labute approximate surface area is 241 Å². The van der Waals surface area contributed by atoms with Crippen molar-refractivity contribution >= 4 is 64.7 Å². The first-order valence-electron chi connectivity index (χ1n) is 12.3. The second-order valence-corrected chi connectivity index (χ2v) is 11.4. The molecule has 0 unspecified atom stereocenters. The first-order chi connectivity index (χ1) is 18.0. The van der Waals surface area contributed by atoms with E-state index in [-0.39, 0.29) is 47.3 Å². The lowest BCUT2D eigenvalue weighted by atomic mass is 9.81. The van der Waals surface area contributed by atoms with Crippen LogP contribution in [0.2, 0.25) is 5.02 Å². The van der Waals surface area contributed by atoms with Gasteiger partial charge in [0.1, 0.15) is 5.82 Å². The lowest BCUT2D eigenvalue weighted by Gasteiger charge is -2.37. The van der Waals surface area contributed by atoms with Crippen molar-refractivity contribution in [2.45, 2.75) is 44.3 Å². The van der Waals surface area contributed by atoms with Crippen LogP contribution >= 0.6 is 35.3 Å². The highest BCUT2D eigenvalue weighted by Gasteiger charge is 2.37. The zero-order chi connectivity index (χ0) is 27.6. The van der Waals surface area contributed by atoms with Gasteiger partial charge in [0.2, 0.25) is 5.91 Å². The molecule has 14 heteroatoms. The summed E-state index contributed by atoms with van der Waals surface area (Å²) in [5, 5.41) is 8.32. The molecule has 1 aromatic heterocycles. The number of benzene rings is 1. The van der Waals surface area contributed by atoms with Crippen molar-refractivity contribution in [3.05, 3.63) is 44.6 Å². The standard InChI is InChI=1S/C25H30ClFN6O4S.ClH/c1-32(2)25(37)13-4-6-17(29-22(35)21(34)28-16-7-5-14(26)11-15(16)27)19(10-13)30-23(36)24-31-18-8-9-33(3)12-20(18)38-24;/h5,7,11,13,17,19H,4,6,8-10,12H2,1-3H3,(H,28,34)(H,29,35)(H,30,36);1H/t13-,17-,19+;/m0./s1. The molecule has 1 fully saturated rings. The number of aromatic nitrogens is 1. The monoisotopic (exact) mass is 600 g/mol. The molecule has 39 heavy (non-hydrogen) atoms. The summed E-state index contributed by atoms with van der Waals surface area (Å²) in [4.78, 5) is 60.3. The summed E-state index contributed by atoms with van der Waals surface area (Å²) in [5.41, 5.74) is 0.733. The molecular formula is C25H31Cl2FN6O4S. The number of nitrogens with zero attached hydrogens (tertiary/aromatic N) is 3. The average molecular weight is 602 g/mol. The van der Waals surface area contributed by atoms with E-state index in [4.69, 9.17) is 11.6 Å². The molecule has 1 aliphatic heterocycles. The van der Waals surface area contributed by atoms with Crippen LogP contribution in [0.25, 0.3) is 0 Å². The molecule has 0 bridgehead atoms. The number of anilines is 1. The van der Waals surface area contributed by atoms with Gasteiger partial charge in [0.05, 0.1) is 17.4 Å². The molecule has 1 saturated carbocycles. The maximum Gasteiger partial charge on any atom is 0.313 e. The number of likely N-dealkylation sites (N-methyl/N-ethyl adjacent to an activating group) is 1. The molecule has 4 amide bonds. The van der Waals surface area contributed by atoms with Crippen LogP contribution in [0.1, 0.15) is 39.6 Å². The predicted octanol–water partition coefficient (Wildman–Crippen LogP) is 2.46. The molecule has 1 aromatic carbocycles. The van der Waals surface area contributed by atoms with Gasteiger partial charge in [0.15, 0.2) is 5.01 Å². The Morgan fingerprint density at radius 2 is 1.87 bits per heavy atom. The van der Waals surface area contributed by atoms with Gasteiger partial charge in [-0.2, -0.15) is 0 Å². The number of carbonyl (C=O) groups excluding carboxylic acids is 4. The molecule has 0 saturated heterocycles. The van der Waals surface area contributed by atoms with Crippen molar-refractivity contribution in [1.82, 2.24) is 25.4 Å². The minimum Gasteiger partial charge on any atom is -0.349 e. The zero-order valence-corrected chi connectivity index (χ0v) is 24.1. The second kappa shape index (κ2) is 13.0. The highest BCUT2D eigenvalue weighted by molar-refractivity contribution is 7.13. The number of thiazole rings is 1. The van der Waals surface area contributed by atoms with E-state index < -0.39 is 29.7 Å². The fraction of sp³-hybridized carbons (Fsp3) is 0.480. The van der Waals surface area contributed by atoms with Gasteiger partial charge >= 0.3 is 11.8 Å². The minimum absolute atomic E-state index is 0. The van der Waals surface area contributed by atoms with Crippen molar-refractivity contribution in [3.8, 4) is 0 Å². The van der Waals surface area contributed by atoms with Gasteiger partial charge in [-0.1, -0.05) is 11.6 Å². The van der Waals surface area contributed by atoms with Crippen molar-refractivity contribution in [2.24, 2.45) is 5.92 Å². The second-order valence-electron chi connectivity index (χ2n) is 9.86. The van der Waals surface area contributed by atoms with E-state index >= 15 is 0 Å². The van der Waals surface area contributed by atoms with Gasteiger partial charge in [-0.3, -0.25) is 19.2 Å². The number of fused-ring (bicyclic) bond motifs is 1. The van der Waals surface area contributed by atoms with E-state index in [0.29, 0.717) is 17.8 Å². The number of halogens is 3. The number of hydrogen-bond donors (Lipinski definition) is 3. The maximum atomic E-state index is 14.1. The Morgan fingerprint density at radius 1 is 1.13 bits per heavy atom. The van der Waals surface area contributed by atoms with Crippen molar-refractivity contribution in [3.63, 3.8) is 0 Å². The van der Waals surface area contributed by atoms with Crippen LogP contribution in [0.4, 0.5) is 10.1 Å². The van der Waals surface area contributed by atoms with Gasteiger partial charge in [-0.05, 0) is 44.5 Å². The topological polar surface area (TPSA) is 124 Å². The van der Waals surface area contributed by atoms with Crippen LogP contribution in [0.5, 0.6) is 0 Å². The normalized spacial score (nSPS) is 20.7. The van der Waals surface area contributed by atoms with E-state index in [0.717, 1.165) is 36.1 Å². The van der Waals surface area contributed by atoms with E-state index in [9.17, 15) is 23.6 Å². The van der Waals surface area contributed by atoms with Crippen LogP contribution in [0.15, 0.2) is 18.2 Å². The summed E-state index contributed by atoms with van der Waals surface area (Å²) in [7, 11) is 5.35. The van der Waals surface area contributed by atoms with Crippen molar-refractivity contribution < 1.29 is 23.6 Å². The molecule has 212 valence electrons. The van der Waals surface area contributed by atoms with Crippen LogP contribution in [0, 0.1) is 11.7 Å². The zero-order valence-electron chi connectivity index (χ0n) is 21.8. The molecule has 0 spiro atoms. The number of rotatable bonds is 5. The molecular weight excluding hydrogens is 570 g/mol. The number of hydrogen-bond acceptors (Lipinski definition) is 7. The van der Waals surface area contributed by atoms with Crippen LogP contribution in [-0.2, 0) is 27.3 Å². The average Bonchev–Trinajstić information content (AvgIpc) is 3.29. The molecule has 3 N–H and O–H groups in total. The minimum atomic E-state index is -1.06. The van der Waals surface area contributed by atoms with Gasteiger partial charge in [-0.15, -0.1) is 23.7 Å². The molecule has 4 rings (SSSR count). The highest BCUT2D eigenvalue weighted by Crippen LogP contribution is 2.28. The number of nitrogens with one attached hydrogen (secondary N) is 3. The summed E-state index contributed by atoms with van der Waals surface area (Å²) in [5.74, 6) is -3.62. The van der Waals surface area contributed by atoms with Crippen LogP contribution < -0.4 is 16.0 Å². The molecule has 2 aromatic rings. The summed E-state index contributed by atoms with van der Waals surface area (Å²) < 4.78 is 14.1. The number of carbonyl (C=O) groups is 4. The predicted molar refractivity (Wildman–Crippen MR) is 149 cm³/mol. The lowest BCUT2D eigenvalue weighted by molar-refractivity contribution is -0.137. The molecule has 0 radical (unpaired) electrons. The smallest absolute Gasteiger partial charge is 0.313 e. The lowest BCUT2D eigenvalue weighted by Crippen LogP contribution is -2.57. The summed E-state index contributed by atoms with van der Waals surface area (Å²) in [6.07, 6.45) is 1.89. The first-order valence-corrected chi connectivity index (χ1v) is 13.5. The molecule has 2 heterocycles. The molecule has 3 atom stereocenters. The largest absolute Gasteiger partial charge is 0.349 e. The van der Waals surface area contributed by atoms with E-state index in [2.05, 4.69) is 25.8 Å². The fourth-order valence-electron chi connectivity index (χ4n) is 4.75. The Balaban J connectivity index is 0.00000420. The fourth-order valence-corrected chi connectivity index (χ4v) is 6.00. The molecule has 10 nitrogen and oxygen atoms in total. The van der Waals surface area contributed by atoms with Crippen LogP contribution in [-0.4, -0.2) is 78.2 Å². The summed E-state index contributed by atoms with van der Waals surface area (Å²) in [6.45, 7) is 1.59. The van der Waals surface area contributed by atoms with Gasteiger partial charge < -0.3 is 25.8 Å². The SMILES string of the molecule is CN1CCc2nc(C(=O)N[C@@H]3C[C@@H](C(=O)N(C)C)CC[C@@H]3NC(=O)C(=O)Nc3ccc(Cl)cc3F)sc2C1.Cl. The maximum absolute atomic E-state index is 14.1. The Morgan fingerprint density at radius 3 is 2.56 bits per heavy atom. The third-order valence-corrected chi connectivity index (χ3v) is 8.09. The third-order valence-electron chi connectivity index (χ3n) is 6.78. The Bertz CT molecular complexity index is 1260. The van der Waals surface area contributed by atoms with Gasteiger partial charge in [0, 0.05) is 55.5 Å². The number of amides is 4. The van der Waals surface area contributed by atoms with E-state index in [1.54, 1.807) is 14.1 Å². The third kappa shape index (κ3) is 7.44. The summed E-state index contributed by atoms with van der Waals surface area (Å²) in [6, 6.07) is 2.45. The highest BCUT2D eigenvalue weighted by atomic mass is 35.5. The molecule has 1 aliphatic carbocycles. The van der Waals surface area contributed by atoms with Crippen LogP contribution in [0.3, 0.4) is 0 Å². The van der Waals surface area contributed by atoms with Gasteiger partial charge in [0.25, 0.3) is 5.91 Å². The first kappa shape index (κ1) is 30.7.